The molecule has 1 aromatic rings. The number of likely N-dealkylation sites (tertiary alicyclic amines) is 1. The van der Waals surface area contributed by atoms with Crippen molar-refractivity contribution < 1.29 is 9.59 Å². The molecule has 0 aromatic heterocycles. The largest absolute Gasteiger partial charge is 0.342 e. The van der Waals surface area contributed by atoms with Gasteiger partial charge in [0.1, 0.15) is 0 Å². The summed E-state index contributed by atoms with van der Waals surface area (Å²) < 4.78 is 0. The minimum atomic E-state index is -0.175. The van der Waals surface area contributed by atoms with Crippen LogP contribution in [-0.4, -0.2) is 42.8 Å². The van der Waals surface area contributed by atoms with Gasteiger partial charge in [-0.3, -0.25) is 9.59 Å². The van der Waals surface area contributed by atoms with E-state index in [9.17, 15) is 9.59 Å². The van der Waals surface area contributed by atoms with Gasteiger partial charge in [-0.15, -0.1) is 12.4 Å². The van der Waals surface area contributed by atoms with Gasteiger partial charge in [0.2, 0.25) is 5.91 Å². The molecule has 1 aromatic carbocycles. The number of piperidine rings is 1. The average Bonchev–Trinajstić information content (AvgIpc) is 3.13. The van der Waals surface area contributed by atoms with E-state index >= 15 is 0 Å². The topological polar surface area (TPSA) is 49.4 Å². The van der Waals surface area contributed by atoms with Gasteiger partial charge >= 0.3 is 0 Å². The van der Waals surface area contributed by atoms with E-state index in [0.29, 0.717) is 29.9 Å². The molecule has 2 atom stereocenters. The van der Waals surface area contributed by atoms with E-state index in [1.54, 1.807) is 24.3 Å². The average molecular weight is 411 g/mol. The second kappa shape index (κ2) is 8.50. The third-order valence-electron chi connectivity index (χ3n) is 6.75. The van der Waals surface area contributed by atoms with Gasteiger partial charge < -0.3 is 10.2 Å². The van der Waals surface area contributed by atoms with E-state index in [1.165, 1.54) is 12.8 Å². The second-order valence-corrected chi connectivity index (χ2v) is 8.60. The molecule has 3 fully saturated rings. The van der Waals surface area contributed by atoms with Crippen molar-refractivity contribution in [1.82, 2.24) is 10.2 Å². The Hall–Kier alpha value is -1.10. The number of carbonyl (C=O) groups excluding carboxylic acids is 2. The highest BCUT2D eigenvalue weighted by Gasteiger charge is 2.51. The lowest BCUT2D eigenvalue weighted by molar-refractivity contribution is -0.146. The maximum atomic E-state index is 13.3. The Morgan fingerprint density at radius 1 is 1.07 bits per heavy atom. The van der Waals surface area contributed by atoms with Crippen molar-refractivity contribution in [3.8, 4) is 0 Å². The first kappa shape index (κ1) is 20.6. The van der Waals surface area contributed by atoms with Crippen molar-refractivity contribution >= 4 is 35.7 Å². The van der Waals surface area contributed by atoms with Crippen LogP contribution < -0.4 is 5.32 Å². The third-order valence-corrected chi connectivity index (χ3v) is 7.00. The fourth-order valence-electron chi connectivity index (χ4n) is 5.18. The van der Waals surface area contributed by atoms with Crippen LogP contribution in [0.3, 0.4) is 0 Å². The van der Waals surface area contributed by atoms with Crippen LogP contribution in [0.5, 0.6) is 0 Å². The van der Waals surface area contributed by atoms with E-state index in [1.807, 2.05) is 4.90 Å². The molecule has 1 amide bonds. The second-order valence-electron chi connectivity index (χ2n) is 8.17. The Bertz CT molecular complexity index is 686. The van der Waals surface area contributed by atoms with Crippen LogP contribution in [0.15, 0.2) is 24.3 Å². The van der Waals surface area contributed by atoms with Crippen molar-refractivity contribution in [2.45, 2.75) is 38.5 Å². The van der Waals surface area contributed by atoms with Gasteiger partial charge in [0, 0.05) is 36.1 Å². The van der Waals surface area contributed by atoms with Crippen molar-refractivity contribution in [3.05, 3.63) is 34.9 Å². The molecule has 6 heteroatoms. The van der Waals surface area contributed by atoms with Crippen molar-refractivity contribution in [1.29, 1.82) is 0 Å². The van der Waals surface area contributed by atoms with E-state index in [2.05, 4.69) is 5.32 Å². The normalized spacial score (nSPS) is 28.3. The molecule has 27 heavy (non-hydrogen) atoms. The van der Waals surface area contributed by atoms with Crippen LogP contribution in [-0.2, 0) is 4.79 Å². The Morgan fingerprint density at radius 3 is 2.48 bits per heavy atom. The summed E-state index contributed by atoms with van der Waals surface area (Å²) in [5.74, 6) is 1.04. The summed E-state index contributed by atoms with van der Waals surface area (Å²) >= 11 is 5.91. The summed E-state index contributed by atoms with van der Waals surface area (Å²) in [6, 6.07) is 7.14. The molecule has 0 spiro atoms. The maximum absolute atomic E-state index is 13.3. The molecule has 4 rings (SSSR count). The first-order valence-corrected chi connectivity index (χ1v) is 10.3. The summed E-state index contributed by atoms with van der Waals surface area (Å²) in [5, 5.41) is 4.11. The van der Waals surface area contributed by atoms with Crippen molar-refractivity contribution in [2.24, 2.45) is 17.3 Å². The Labute approximate surface area is 172 Å². The van der Waals surface area contributed by atoms with Crippen LogP contribution >= 0.6 is 24.0 Å². The van der Waals surface area contributed by atoms with Crippen molar-refractivity contribution in [2.75, 3.05) is 26.2 Å². The quantitative estimate of drug-likeness (QED) is 0.766. The summed E-state index contributed by atoms with van der Waals surface area (Å²) in [4.78, 5) is 28.1. The highest BCUT2D eigenvalue weighted by Crippen LogP contribution is 2.45. The fraction of sp³-hybridized carbons (Fsp3) is 0.619. The minimum Gasteiger partial charge on any atom is -0.342 e. The Morgan fingerprint density at radius 2 is 1.78 bits per heavy atom. The van der Waals surface area contributed by atoms with Gasteiger partial charge in [-0.1, -0.05) is 24.4 Å². The lowest BCUT2D eigenvalue weighted by atomic mass is 9.67. The SMILES string of the molecule is Cl.O=C(c1ccc(Cl)cc1)C1CCN(C(=O)[C@@]23CCCC[C@H]2CNC3)CC1. The molecule has 1 N–H and O–H groups in total. The third kappa shape index (κ3) is 3.90. The smallest absolute Gasteiger partial charge is 0.230 e. The van der Waals surface area contributed by atoms with E-state index in [4.69, 9.17) is 11.6 Å². The van der Waals surface area contributed by atoms with Gasteiger partial charge in [-0.2, -0.15) is 0 Å². The predicted octanol–water partition coefficient (Wildman–Crippen LogP) is 3.96. The minimum absolute atomic E-state index is 0. The summed E-state index contributed by atoms with van der Waals surface area (Å²) in [7, 11) is 0. The lowest BCUT2D eigenvalue weighted by Crippen LogP contribution is -2.52. The van der Waals surface area contributed by atoms with Gasteiger partial charge in [0.15, 0.2) is 5.78 Å². The Kier molecular flexibility index (Phi) is 6.50. The summed E-state index contributed by atoms with van der Waals surface area (Å²) in [6.07, 6.45) is 6.13. The molecular formula is C21H28Cl2N2O2. The lowest BCUT2D eigenvalue weighted by Gasteiger charge is -2.42. The summed E-state index contributed by atoms with van der Waals surface area (Å²) in [5.41, 5.74) is 0.552. The monoisotopic (exact) mass is 410 g/mol. The molecule has 0 bridgehead atoms. The highest BCUT2D eigenvalue weighted by molar-refractivity contribution is 6.30. The van der Waals surface area contributed by atoms with Gasteiger partial charge in [-0.25, -0.2) is 0 Å². The maximum Gasteiger partial charge on any atom is 0.230 e. The van der Waals surface area contributed by atoms with E-state index in [0.717, 1.165) is 44.3 Å². The number of ketones is 1. The van der Waals surface area contributed by atoms with Gasteiger partial charge in [0.05, 0.1) is 5.41 Å². The zero-order chi connectivity index (χ0) is 18.1. The number of hydrogen-bond donors (Lipinski definition) is 1. The van der Waals surface area contributed by atoms with Crippen LogP contribution in [0.2, 0.25) is 5.02 Å². The number of benzene rings is 1. The number of fused-ring (bicyclic) bond motifs is 1. The number of Topliss-reactive ketones (excluding diaryl/α,β-unsaturated/α-hetero) is 1. The van der Waals surface area contributed by atoms with Crippen LogP contribution in [0.4, 0.5) is 0 Å². The molecule has 0 unspecified atom stereocenters. The number of nitrogens with zero attached hydrogens (tertiary/aromatic N) is 1. The molecule has 3 aliphatic rings. The van der Waals surface area contributed by atoms with Crippen LogP contribution in [0.25, 0.3) is 0 Å². The van der Waals surface area contributed by atoms with Crippen LogP contribution in [0.1, 0.15) is 48.9 Å². The molecule has 148 valence electrons. The molecule has 2 aliphatic heterocycles. The molecule has 2 saturated heterocycles. The molecule has 4 nitrogen and oxygen atoms in total. The molecule has 1 saturated carbocycles. The predicted molar refractivity (Wildman–Crippen MR) is 110 cm³/mol. The first-order valence-electron chi connectivity index (χ1n) is 9.90. The fourth-order valence-corrected chi connectivity index (χ4v) is 5.30. The van der Waals surface area contributed by atoms with E-state index < -0.39 is 0 Å². The summed E-state index contributed by atoms with van der Waals surface area (Å²) in [6.45, 7) is 3.23. The molecule has 1 aliphatic carbocycles. The van der Waals surface area contributed by atoms with Crippen molar-refractivity contribution in [3.63, 3.8) is 0 Å². The molecule has 2 heterocycles. The first-order chi connectivity index (χ1) is 12.6. The number of amides is 1. The molecular weight excluding hydrogens is 383 g/mol. The van der Waals surface area contributed by atoms with Crippen LogP contribution in [0, 0.1) is 17.3 Å². The van der Waals surface area contributed by atoms with Gasteiger partial charge in [0.25, 0.3) is 0 Å². The zero-order valence-electron chi connectivity index (χ0n) is 15.6. The zero-order valence-corrected chi connectivity index (χ0v) is 17.2. The number of rotatable bonds is 3. The number of halogens is 2. The number of hydrogen-bond acceptors (Lipinski definition) is 3. The number of carbonyl (C=O) groups is 2. The highest BCUT2D eigenvalue weighted by atomic mass is 35.5. The van der Waals surface area contributed by atoms with Gasteiger partial charge in [-0.05, 0) is 62.4 Å². The standard InChI is InChI=1S/C21H27ClN2O2.ClH/c22-18-6-4-15(5-7-18)19(25)16-8-11-24(12-9-16)20(26)21-10-2-1-3-17(21)13-23-14-21;/h4-7,16-17,23H,1-3,8-14H2;1H/t17-,21+;/m0./s1. The van der Waals surface area contributed by atoms with E-state index in [-0.39, 0.29) is 29.5 Å². The Balaban J connectivity index is 0.00000210. The number of nitrogens with one attached hydrogen (secondary N) is 1. The molecule has 0 radical (unpaired) electrons.